The number of benzene rings is 1. The number of nitrogens with one attached hydrogen (secondary N) is 1. The fourth-order valence-corrected chi connectivity index (χ4v) is 1.96. The van der Waals surface area contributed by atoms with E-state index in [1.807, 2.05) is 0 Å². The van der Waals surface area contributed by atoms with E-state index in [0.29, 0.717) is 17.3 Å². The van der Waals surface area contributed by atoms with Crippen LogP contribution in [0.1, 0.15) is 13.3 Å². The Balaban J connectivity index is 1.94. The second-order valence-electron chi connectivity index (χ2n) is 4.24. The van der Waals surface area contributed by atoms with Gasteiger partial charge in [-0.2, -0.15) is 0 Å². The van der Waals surface area contributed by atoms with E-state index in [1.54, 1.807) is 12.1 Å². The molecule has 0 aromatic heterocycles. The quantitative estimate of drug-likeness (QED) is 0.774. The van der Waals surface area contributed by atoms with Crippen LogP contribution < -0.4 is 11.1 Å². The van der Waals surface area contributed by atoms with Gasteiger partial charge < -0.3 is 15.8 Å². The lowest BCUT2D eigenvalue weighted by molar-refractivity contribution is 0.108. The molecule has 1 aromatic rings. The maximum absolute atomic E-state index is 13.4. The molecule has 1 aliphatic rings. The van der Waals surface area contributed by atoms with Gasteiger partial charge in [0.2, 0.25) is 0 Å². The molecule has 0 bridgehead atoms. The van der Waals surface area contributed by atoms with Gasteiger partial charge >= 0.3 is 0 Å². The predicted octanol–water partition coefficient (Wildman–Crippen LogP) is 2.24. The summed E-state index contributed by atoms with van der Waals surface area (Å²) < 4.78 is 18.9. The second-order valence-corrected chi connectivity index (χ2v) is 4.24. The van der Waals surface area contributed by atoms with E-state index in [9.17, 15) is 4.39 Å². The summed E-state index contributed by atoms with van der Waals surface area (Å²) in [7, 11) is 0. The Hall–Kier alpha value is -1.29. The van der Waals surface area contributed by atoms with Crippen molar-refractivity contribution in [3.05, 3.63) is 24.0 Å². The molecule has 0 radical (unpaired) electrons. The standard InChI is InChI=1S/C12H17FN2O/c1-8-9(4-5-16-8)7-15-12-3-2-10(14)6-11(12)13/h2-3,6,8-9,15H,4-5,7,14H2,1H3. The van der Waals surface area contributed by atoms with Crippen molar-refractivity contribution < 1.29 is 9.13 Å². The van der Waals surface area contributed by atoms with E-state index in [4.69, 9.17) is 10.5 Å². The van der Waals surface area contributed by atoms with Crippen LogP contribution >= 0.6 is 0 Å². The van der Waals surface area contributed by atoms with Gasteiger partial charge in [0, 0.05) is 24.8 Å². The van der Waals surface area contributed by atoms with Gasteiger partial charge in [0.1, 0.15) is 5.82 Å². The van der Waals surface area contributed by atoms with Crippen molar-refractivity contribution in [2.24, 2.45) is 5.92 Å². The molecule has 1 fully saturated rings. The van der Waals surface area contributed by atoms with E-state index < -0.39 is 0 Å². The van der Waals surface area contributed by atoms with Crippen molar-refractivity contribution in [3.63, 3.8) is 0 Å². The molecule has 88 valence electrons. The highest BCUT2D eigenvalue weighted by atomic mass is 19.1. The Morgan fingerprint density at radius 3 is 3.00 bits per heavy atom. The van der Waals surface area contributed by atoms with Gasteiger partial charge in [-0.05, 0) is 31.5 Å². The lowest BCUT2D eigenvalue weighted by Gasteiger charge is -2.16. The van der Waals surface area contributed by atoms with E-state index in [2.05, 4.69) is 12.2 Å². The van der Waals surface area contributed by atoms with Crippen molar-refractivity contribution in [2.45, 2.75) is 19.4 Å². The summed E-state index contributed by atoms with van der Waals surface area (Å²) in [4.78, 5) is 0. The van der Waals surface area contributed by atoms with E-state index in [-0.39, 0.29) is 11.9 Å². The van der Waals surface area contributed by atoms with Crippen molar-refractivity contribution in [2.75, 3.05) is 24.2 Å². The average Bonchev–Trinajstić information content (AvgIpc) is 2.63. The summed E-state index contributed by atoms with van der Waals surface area (Å²) in [5, 5.41) is 3.10. The third-order valence-corrected chi connectivity index (χ3v) is 3.08. The number of anilines is 2. The summed E-state index contributed by atoms with van der Waals surface area (Å²) in [6.07, 6.45) is 1.29. The molecule has 2 rings (SSSR count). The maximum Gasteiger partial charge on any atom is 0.148 e. The van der Waals surface area contributed by atoms with Crippen LogP contribution in [0.5, 0.6) is 0 Å². The monoisotopic (exact) mass is 224 g/mol. The van der Waals surface area contributed by atoms with Crippen LogP contribution in [0.2, 0.25) is 0 Å². The molecule has 0 aliphatic carbocycles. The number of halogens is 1. The van der Waals surface area contributed by atoms with Gasteiger partial charge in [-0.15, -0.1) is 0 Å². The summed E-state index contributed by atoms with van der Waals surface area (Å²) in [5.74, 6) is 0.156. The molecular weight excluding hydrogens is 207 g/mol. The number of rotatable bonds is 3. The van der Waals surface area contributed by atoms with Gasteiger partial charge in [0.25, 0.3) is 0 Å². The Morgan fingerprint density at radius 1 is 1.56 bits per heavy atom. The molecule has 4 heteroatoms. The molecule has 3 nitrogen and oxygen atoms in total. The number of hydrogen-bond acceptors (Lipinski definition) is 3. The van der Waals surface area contributed by atoms with Crippen molar-refractivity contribution in [1.29, 1.82) is 0 Å². The van der Waals surface area contributed by atoms with Crippen molar-refractivity contribution >= 4 is 11.4 Å². The highest BCUT2D eigenvalue weighted by molar-refractivity contribution is 5.52. The molecule has 2 atom stereocenters. The zero-order valence-electron chi connectivity index (χ0n) is 9.37. The molecule has 0 spiro atoms. The zero-order chi connectivity index (χ0) is 11.5. The van der Waals surface area contributed by atoms with E-state index in [0.717, 1.165) is 19.6 Å². The molecule has 1 aromatic carbocycles. The van der Waals surface area contributed by atoms with Crippen molar-refractivity contribution in [1.82, 2.24) is 0 Å². The Bertz CT molecular complexity index is 370. The second kappa shape index (κ2) is 4.70. The first-order valence-corrected chi connectivity index (χ1v) is 5.57. The molecule has 16 heavy (non-hydrogen) atoms. The van der Waals surface area contributed by atoms with Crippen LogP contribution in [-0.4, -0.2) is 19.3 Å². The van der Waals surface area contributed by atoms with Crippen LogP contribution in [0.4, 0.5) is 15.8 Å². The first-order valence-electron chi connectivity index (χ1n) is 5.57. The maximum atomic E-state index is 13.4. The number of hydrogen-bond donors (Lipinski definition) is 2. The first-order chi connectivity index (χ1) is 7.66. The molecule has 1 heterocycles. The van der Waals surface area contributed by atoms with Gasteiger partial charge in [-0.25, -0.2) is 4.39 Å². The van der Waals surface area contributed by atoms with Crippen LogP contribution in [0.25, 0.3) is 0 Å². The molecule has 0 amide bonds. The SMILES string of the molecule is CC1OCCC1CNc1ccc(N)cc1F. The molecule has 3 N–H and O–H groups in total. The predicted molar refractivity (Wildman–Crippen MR) is 62.8 cm³/mol. The minimum absolute atomic E-state index is 0.254. The van der Waals surface area contributed by atoms with Gasteiger partial charge in [0.05, 0.1) is 11.8 Å². The number of nitrogens with two attached hydrogens (primary N) is 1. The van der Waals surface area contributed by atoms with Crippen LogP contribution in [-0.2, 0) is 4.74 Å². The minimum Gasteiger partial charge on any atom is -0.399 e. The van der Waals surface area contributed by atoms with Crippen LogP contribution in [0.15, 0.2) is 18.2 Å². The summed E-state index contributed by atoms with van der Waals surface area (Å²) in [5.41, 5.74) is 6.43. The fraction of sp³-hybridized carbons (Fsp3) is 0.500. The highest BCUT2D eigenvalue weighted by Gasteiger charge is 2.23. The lowest BCUT2D eigenvalue weighted by Crippen LogP contribution is -2.21. The molecular formula is C12H17FN2O. The van der Waals surface area contributed by atoms with Crippen LogP contribution in [0.3, 0.4) is 0 Å². The number of nitrogen functional groups attached to an aromatic ring is 1. The fourth-order valence-electron chi connectivity index (χ4n) is 1.96. The first kappa shape index (κ1) is 11.2. The topological polar surface area (TPSA) is 47.3 Å². The van der Waals surface area contributed by atoms with Crippen molar-refractivity contribution in [3.8, 4) is 0 Å². The largest absolute Gasteiger partial charge is 0.399 e. The summed E-state index contributed by atoms with van der Waals surface area (Å²) in [6, 6.07) is 4.70. The van der Waals surface area contributed by atoms with Crippen LogP contribution in [0, 0.1) is 11.7 Å². The summed E-state index contributed by atoms with van der Waals surface area (Å²) >= 11 is 0. The molecule has 1 aliphatic heterocycles. The van der Waals surface area contributed by atoms with E-state index >= 15 is 0 Å². The Morgan fingerprint density at radius 2 is 2.38 bits per heavy atom. The van der Waals surface area contributed by atoms with Gasteiger partial charge in [-0.3, -0.25) is 0 Å². The highest BCUT2D eigenvalue weighted by Crippen LogP contribution is 2.22. The Labute approximate surface area is 94.8 Å². The molecule has 2 unspecified atom stereocenters. The number of ether oxygens (including phenoxy) is 1. The van der Waals surface area contributed by atoms with E-state index in [1.165, 1.54) is 6.07 Å². The minimum atomic E-state index is -0.299. The third-order valence-electron chi connectivity index (χ3n) is 3.08. The smallest absolute Gasteiger partial charge is 0.148 e. The lowest BCUT2D eigenvalue weighted by atomic mass is 10.0. The molecule has 0 saturated carbocycles. The van der Waals surface area contributed by atoms with Gasteiger partial charge in [0.15, 0.2) is 0 Å². The summed E-state index contributed by atoms with van der Waals surface area (Å²) in [6.45, 7) is 3.60. The zero-order valence-corrected chi connectivity index (χ0v) is 9.37. The third kappa shape index (κ3) is 2.44. The Kier molecular flexibility index (Phi) is 3.29. The van der Waals surface area contributed by atoms with Gasteiger partial charge in [-0.1, -0.05) is 0 Å². The normalized spacial score (nSPS) is 24.6. The average molecular weight is 224 g/mol. The molecule has 1 saturated heterocycles.